The van der Waals surface area contributed by atoms with Crippen LogP contribution in [0.25, 0.3) is 0 Å². The number of nitrogens with zero attached hydrogens (tertiary/aromatic N) is 1. The second kappa shape index (κ2) is 6.46. The maximum Gasteiger partial charge on any atom is 0.225 e. The van der Waals surface area contributed by atoms with Gasteiger partial charge in [-0.15, -0.1) is 0 Å². The van der Waals surface area contributed by atoms with Crippen LogP contribution >= 0.6 is 0 Å². The standard InChI is InChI=1S/C17H31NO2/c1-17(2,3)15-6-4-14(5-7-15)16(20)18-10-8-13(12-19)9-11-18/h13-15,19H,4-12H2,1-3H3. The van der Waals surface area contributed by atoms with Gasteiger partial charge in [-0.3, -0.25) is 4.79 Å². The summed E-state index contributed by atoms with van der Waals surface area (Å²) in [6.07, 6.45) is 6.49. The maximum absolute atomic E-state index is 12.6. The molecule has 2 aliphatic rings. The van der Waals surface area contributed by atoms with Crippen molar-refractivity contribution in [2.24, 2.45) is 23.2 Å². The van der Waals surface area contributed by atoms with E-state index in [9.17, 15) is 4.79 Å². The SMILES string of the molecule is CC(C)(C)C1CCC(C(=O)N2CCC(CO)CC2)CC1. The summed E-state index contributed by atoms with van der Waals surface area (Å²) in [7, 11) is 0. The predicted octanol–water partition coefficient (Wildman–Crippen LogP) is 3.07. The third kappa shape index (κ3) is 3.75. The van der Waals surface area contributed by atoms with E-state index < -0.39 is 0 Å². The Bertz CT molecular complexity index is 318. The van der Waals surface area contributed by atoms with Gasteiger partial charge in [0.25, 0.3) is 0 Å². The molecule has 2 rings (SSSR count). The molecule has 3 nitrogen and oxygen atoms in total. The lowest BCUT2D eigenvalue weighted by atomic mass is 9.69. The van der Waals surface area contributed by atoms with Crippen molar-refractivity contribution < 1.29 is 9.90 Å². The van der Waals surface area contributed by atoms with E-state index in [2.05, 4.69) is 20.8 Å². The fraction of sp³-hybridized carbons (Fsp3) is 0.941. The predicted molar refractivity (Wildman–Crippen MR) is 81.3 cm³/mol. The molecule has 20 heavy (non-hydrogen) atoms. The van der Waals surface area contributed by atoms with Crippen LogP contribution in [-0.2, 0) is 4.79 Å². The molecule has 0 bridgehead atoms. The molecule has 0 radical (unpaired) electrons. The van der Waals surface area contributed by atoms with Gasteiger partial charge in [0.1, 0.15) is 0 Å². The van der Waals surface area contributed by atoms with Gasteiger partial charge in [-0.25, -0.2) is 0 Å². The summed E-state index contributed by atoms with van der Waals surface area (Å²) in [6, 6.07) is 0. The number of aliphatic hydroxyl groups excluding tert-OH is 1. The van der Waals surface area contributed by atoms with Crippen molar-refractivity contribution >= 4 is 5.91 Å². The minimum absolute atomic E-state index is 0.263. The monoisotopic (exact) mass is 281 g/mol. The van der Waals surface area contributed by atoms with E-state index in [1.54, 1.807) is 0 Å². The smallest absolute Gasteiger partial charge is 0.225 e. The molecule has 0 aromatic rings. The number of hydrogen-bond donors (Lipinski definition) is 1. The van der Waals surface area contributed by atoms with Crippen molar-refractivity contribution in [3.05, 3.63) is 0 Å². The molecular formula is C17H31NO2. The first-order chi connectivity index (χ1) is 9.41. The third-order valence-corrected chi connectivity index (χ3v) is 5.49. The summed E-state index contributed by atoms with van der Waals surface area (Å²) >= 11 is 0. The van der Waals surface area contributed by atoms with E-state index in [-0.39, 0.29) is 12.5 Å². The number of piperidine rings is 1. The zero-order valence-corrected chi connectivity index (χ0v) is 13.4. The Labute approximate surface area is 123 Å². The van der Waals surface area contributed by atoms with Crippen molar-refractivity contribution in [3.8, 4) is 0 Å². The fourth-order valence-electron chi connectivity index (χ4n) is 3.80. The second-order valence-corrected chi connectivity index (χ2v) is 7.87. The first-order valence-electron chi connectivity index (χ1n) is 8.31. The molecule has 1 aliphatic heterocycles. The third-order valence-electron chi connectivity index (χ3n) is 5.49. The minimum Gasteiger partial charge on any atom is -0.396 e. The lowest BCUT2D eigenvalue weighted by Gasteiger charge is -2.39. The molecule has 116 valence electrons. The Balaban J connectivity index is 1.80. The molecule has 0 spiro atoms. The Morgan fingerprint density at radius 2 is 1.60 bits per heavy atom. The van der Waals surface area contributed by atoms with Gasteiger partial charge in [-0.1, -0.05) is 20.8 Å². The van der Waals surface area contributed by atoms with Crippen molar-refractivity contribution in [1.82, 2.24) is 4.90 Å². The molecule has 1 N–H and O–H groups in total. The van der Waals surface area contributed by atoms with Crippen LogP contribution in [0.2, 0.25) is 0 Å². The zero-order valence-electron chi connectivity index (χ0n) is 13.4. The Hall–Kier alpha value is -0.570. The van der Waals surface area contributed by atoms with Crippen molar-refractivity contribution in [2.45, 2.75) is 59.3 Å². The number of aliphatic hydroxyl groups is 1. The molecule has 0 atom stereocenters. The molecule has 1 amide bonds. The summed E-state index contributed by atoms with van der Waals surface area (Å²) in [5.74, 6) is 1.83. The number of rotatable bonds is 2. The molecule has 0 aromatic carbocycles. The molecule has 1 saturated carbocycles. The molecule has 1 aliphatic carbocycles. The Morgan fingerprint density at radius 1 is 1.05 bits per heavy atom. The van der Waals surface area contributed by atoms with Crippen LogP contribution in [0, 0.1) is 23.2 Å². The molecule has 2 fully saturated rings. The van der Waals surface area contributed by atoms with Crippen molar-refractivity contribution in [2.75, 3.05) is 19.7 Å². The first kappa shape index (κ1) is 15.8. The second-order valence-electron chi connectivity index (χ2n) is 7.87. The number of likely N-dealkylation sites (tertiary alicyclic amines) is 1. The molecule has 3 heteroatoms. The van der Waals surface area contributed by atoms with Gasteiger partial charge < -0.3 is 10.0 Å². The Morgan fingerprint density at radius 3 is 2.05 bits per heavy atom. The number of carbonyl (C=O) groups excluding carboxylic acids is 1. The van der Waals surface area contributed by atoms with E-state index in [0.717, 1.165) is 44.7 Å². The van der Waals surface area contributed by atoms with Crippen LogP contribution in [-0.4, -0.2) is 35.6 Å². The van der Waals surface area contributed by atoms with E-state index in [1.165, 1.54) is 12.8 Å². The number of hydrogen-bond acceptors (Lipinski definition) is 2. The quantitative estimate of drug-likeness (QED) is 0.845. The lowest BCUT2D eigenvalue weighted by Crippen LogP contribution is -2.43. The Kier molecular flexibility index (Phi) is 5.11. The van der Waals surface area contributed by atoms with Gasteiger partial charge in [-0.2, -0.15) is 0 Å². The summed E-state index contributed by atoms with van der Waals surface area (Å²) in [4.78, 5) is 14.6. The zero-order chi connectivity index (χ0) is 14.8. The summed E-state index contributed by atoms with van der Waals surface area (Å²) in [5, 5.41) is 9.17. The van der Waals surface area contributed by atoms with Crippen molar-refractivity contribution in [3.63, 3.8) is 0 Å². The minimum atomic E-state index is 0.263. The van der Waals surface area contributed by atoms with Gasteiger partial charge in [0, 0.05) is 25.6 Å². The van der Waals surface area contributed by atoms with E-state index in [1.807, 2.05) is 4.90 Å². The molecule has 1 saturated heterocycles. The van der Waals surface area contributed by atoms with Crippen LogP contribution in [0.5, 0.6) is 0 Å². The molecule has 1 heterocycles. The number of carbonyl (C=O) groups is 1. The highest BCUT2D eigenvalue weighted by Gasteiger charge is 2.34. The highest BCUT2D eigenvalue weighted by molar-refractivity contribution is 5.79. The summed E-state index contributed by atoms with van der Waals surface area (Å²) in [6.45, 7) is 8.93. The van der Waals surface area contributed by atoms with E-state index in [4.69, 9.17) is 5.11 Å². The molecule has 0 aromatic heterocycles. The van der Waals surface area contributed by atoms with Crippen molar-refractivity contribution in [1.29, 1.82) is 0 Å². The van der Waals surface area contributed by atoms with Crippen LogP contribution in [0.4, 0.5) is 0 Å². The normalized spacial score (nSPS) is 29.5. The topological polar surface area (TPSA) is 40.5 Å². The fourth-order valence-corrected chi connectivity index (χ4v) is 3.80. The summed E-state index contributed by atoms with van der Waals surface area (Å²) in [5.41, 5.74) is 0.382. The van der Waals surface area contributed by atoms with Gasteiger partial charge in [0.2, 0.25) is 5.91 Å². The largest absolute Gasteiger partial charge is 0.396 e. The van der Waals surface area contributed by atoms with Crippen LogP contribution in [0.1, 0.15) is 59.3 Å². The molecule has 0 unspecified atom stereocenters. The summed E-state index contributed by atoms with van der Waals surface area (Å²) < 4.78 is 0. The van der Waals surface area contributed by atoms with Crippen LogP contribution in [0.15, 0.2) is 0 Å². The highest BCUT2D eigenvalue weighted by atomic mass is 16.3. The molecular weight excluding hydrogens is 250 g/mol. The highest BCUT2D eigenvalue weighted by Crippen LogP contribution is 2.40. The van der Waals surface area contributed by atoms with E-state index in [0.29, 0.717) is 17.2 Å². The van der Waals surface area contributed by atoms with Gasteiger partial charge in [0.05, 0.1) is 0 Å². The first-order valence-corrected chi connectivity index (χ1v) is 8.31. The van der Waals surface area contributed by atoms with Gasteiger partial charge in [0.15, 0.2) is 0 Å². The number of amides is 1. The average Bonchev–Trinajstić information content (AvgIpc) is 2.46. The maximum atomic E-state index is 12.6. The van der Waals surface area contributed by atoms with Crippen LogP contribution in [0.3, 0.4) is 0 Å². The lowest BCUT2D eigenvalue weighted by molar-refractivity contribution is -0.138. The average molecular weight is 281 g/mol. The van der Waals surface area contributed by atoms with Gasteiger partial charge in [-0.05, 0) is 55.8 Å². The van der Waals surface area contributed by atoms with Crippen LogP contribution < -0.4 is 0 Å². The van der Waals surface area contributed by atoms with Gasteiger partial charge >= 0.3 is 0 Å². The van der Waals surface area contributed by atoms with E-state index >= 15 is 0 Å².